The average Bonchev–Trinajstić information content (AvgIpc) is 3.69. The Bertz CT molecular complexity index is 3150. The molecule has 4 nitrogen and oxygen atoms in total. The van der Waals surface area contributed by atoms with Crippen LogP contribution in [0.3, 0.4) is 0 Å². The normalized spacial score (nSPS) is 16.0. The van der Waals surface area contributed by atoms with Crippen molar-refractivity contribution in [1.82, 2.24) is 19.5 Å². The van der Waals surface area contributed by atoms with Crippen molar-refractivity contribution in [3.63, 3.8) is 0 Å². The zero-order valence-corrected chi connectivity index (χ0v) is 34.1. The van der Waals surface area contributed by atoms with Gasteiger partial charge in [0.2, 0.25) is 0 Å². The minimum atomic E-state index is -0.0820. The molecule has 0 spiro atoms. The third kappa shape index (κ3) is 5.17. The smallest absolute Gasteiger partial charge is 0.164 e. The molecular formula is C54H46N4. The van der Waals surface area contributed by atoms with Crippen LogP contribution in [-0.2, 0) is 16.2 Å². The molecule has 0 radical (unpaired) electrons. The van der Waals surface area contributed by atoms with E-state index in [1.54, 1.807) is 0 Å². The first-order valence-electron chi connectivity index (χ1n) is 20.7. The van der Waals surface area contributed by atoms with E-state index in [1.165, 1.54) is 68.0 Å². The van der Waals surface area contributed by atoms with Gasteiger partial charge in [-0.15, -0.1) is 0 Å². The maximum Gasteiger partial charge on any atom is 0.164 e. The summed E-state index contributed by atoms with van der Waals surface area (Å²) in [6.45, 7) is 14.3. The molecule has 2 aliphatic rings. The fraction of sp³-hybridized carbons (Fsp3) is 0.204. The molecule has 58 heavy (non-hydrogen) atoms. The molecule has 0 unspecified atom stereocenters. The van der Waals surface area contributed by atoms with Crippen LogP contribution in [0.15, 0.2) is 146 Å². The molecular weight excluding hydrogens is 705 g/mol. The zero-order chi connectivity index (χ0) is 39.6. The summed E-state index contributed by atoms with van der Waals surface area (Å²) in [4.78, 5) is 15.9. The van der Waals surface area contributed by atoms with Gasteiger partial charge in [0.1, 0.15) is 0 Å². The number of fused-ring (bicyclic) bond motifs is 8. The number of aromatic nitrogens is 4. The second-order valence-corrected chi connectivity index (χ2v) is 18.3. The summed E-state index contributed by atoms with van der Waals surface area (Å²) < 4.78 is 2.44. The molecule has 2 heterocycles. The van der Waals surface area contributed by atoms with Crippen molar-refractivity contribution in [3.05, 3.63) is 168 Å². The number of benzene rings is 7. The summed E-state index contributed by atoms with van der Waals surface area (Å²) >= 11 is 0. The summed E-state index contributed by atoms with van der Waals surface area (Å²) in [7, 11) is 0. The van der Waals surface area contributed by atoms with Crippen LogP contribution in [0.5, 0.6) is 0 Å². The van der Waals surface area contributed by atoms with Gasteiger partial charge in [-0.25, -0.2) is 15.0 Å². The van der Waals surface area contributed by atoms with Crippen LogP contribution in [0.25, 0.3) is 83.6 Å². The molecule has 0 fully saturated rings. The molecule has 2 aromatic heterocycles. The van der Waals surface area contributed by atoms with Gasteiger partial charge in [-0.2, -0.15) is 0 Å². The lowest BCUT2D eigenvalue weighted by molar-refractivity contribution is 0.332. The van der Waals surface area contributed by atoms with Gasteiger partial charge < -0.3 is 4.57 Å². The van der Waals surface area contributed by atoms with Crippen molar-refractivity contribution in [2.24, 2.45) is 0 Å². The number of rotatable bonds is 4. The van der Waals surface area contributed by atoms with Gasteiger partial charge in [0.05, 0.1) is 11.0 Å². The van der Waals surface area contributed by atoms with Crippen LogP contribution < -0.4 is 0 Å². The van der Waals surface area contributed by atoms with Crippen LogP contribution in [0, 0.1) is 0 Å². The quantitative estimate of drug-likeness (QED) is 0.180. The highest BCUT2D eigenvalue weighted by molar-refractivity contribution is 6.10. The number of hydrogen-bond donors (Lipinski definition) is 0. The minimum absolute atomic E-state index is 0.0820. The summed E-state index contributed by atoms with van der Waals surface area (Å²) in [6.07, 6.45) is 2.36. The lowest BCUT2D eigenvalue weighted by Crippen LogP contribution is -2.33. The van der Waals surface area contributed by atoms with Gasteiger partial charge in [-0.3, -0.25) is 0 Å². The molecule has 0 saturated heterocycles. The summed E-state index contributed by atoms with van der Waals surface area (Å²) in [5.41, 5.74) is 14.7. The largest absolute Gasteiger partial charge is 0.309 e. The van der Waals surface area contributed by atoms with Crippen molar-refractivity contribution in [1.29, 1.82) is 0 Å². The molecule has 2 aliphatic carbocycles. The topological polar surface area (TPSA) is 43.6 Å². The number of hydrogen-bond acceptors (Lipinski definition) is 3. The van der Waals surface area contributed by atoms with E-state index < -0.39 is 0 Å². The van der Waals surface area contributed by atoms with Crippen molar-refractivity contribution < 1.29 is 0 Å². The predicted molar refractivity (Wildman–Crippen MR) is 241 cm³/mol. The number of nitrogens with zero attached hydrogens (tertiary/aromatic N) is 4. The molecule has 282 valence electrons. The second-order valence-electron chi connectivity index (χ2n) is 18.3. The highest BCUT2D eigenvalue weighted by Crippen LogP contribution is 2.50. The Balaban J connectivity index is 1.12. The molecule has 7 aromatic carbocycles. The van der Waals surface area contributed by atoms with E-state index in [2.05, 4.69) is 192 Å². The number of para-hydroxylation sites is 1. The van der Waals surface area contributed by atoms with Crippen molar-refractivity contribution >= 4 is 32.6 Å². The van der Waals surface area contributed by atoms with E-state index in [-0.39, 0.29) is 16.2 Å². The van der Waals surface area contributed by atoms with Crippen molar-refractivity contribution in [2.75, 3.05) is 0 Å². The second kappa shape index (κ2) is 12.3. The molecule has 4 heteroatoms. The van der Waals surface area contributed by atoms with Gasteiger partial charge >= 0.3 is 0 Å². The Hall–Kier alpha value is -6.39. The minimum Gasteiger partial charge on any atom is -0.309 e. The van der Waals surface area contributed by atoms with E-state index >= 15 is 0 Å². The first-order chi connectivity index (χ1) is 28.0. The summed E-state index contributed by atoms with van der Waals surface area (Å²) in [5, 5.41) is 4.84. The molecule has 0 atom stereocenters. The maximum absolute atomic E-state index is 5.31. The third-order valence-corrected chi connectivity index (χ3v) is 13.5. The summed E-state index contributed by atoms with van der Waals surface area (Å²) in [5.74, 6) is 1.98. The molecule has 0 saturated carbocycles. The lowest BCUT2D eigenvalue weighted by Gasteiger charge is -2.42. The van der Waals surface area contributed by atoms with E-state index in [4.69, 9.17) is 15.0 Å². The van der Waals surface area contributed by atoms with Crippen LogP contribution in [-0.4, -0.2) is 19.5 Å². The molecule has 0 N–H and O–H groups in total. The van der Waals surface area contributed by atoms with Crippen molar-refractivity contribution in [2.45, 2.75) is 70.6 Å². The molecule has 0 bridgehead atoms. The van der Waals surface area contributed by atoms with E-state index in [0.717, 1.165) is 33.2 Å². The molecule has 9 aromatic rings. The average molecular weight is 751 g/mol. The van der Waals surface area contributed by atoms with E-state index in [9.17, 15) is 0 Å². The van der Waals surface area contributed by atoms with Crippen LogP contribution in [0.4, 0.5) is 0 Å². The van der Waals surface area contributed by atoms with Crippen LogP contribution in [0.2, 0.25) is 0 Å². The first kappa shape index (κ1) is 34.8. The molecule has 11 rings (SSSR count). The monoisotopic (exact) mass is 750 g/mol. The predicted octanol–water partition coefficient (Wildman–Crippen LogP) is 13.8. The highest BCUT2D eigenvalue weighted by Gasteiger charge is 2.38. The van der Waals surface area contributed by atoms with Gasteiger partial charge in [0, 0.05) is 38.6 Å². The fourth-order valence-corrected chi connectivity index (χ4v) is 10.1. The Morgan fingerprint density at radius 3 is 1.83 bits per heavy atom. The first-order valence-corrected chi connectivity index (χ1v) is 20.7. The zero-order valence-electron chi connectivity index (χ0n) is 34.1. The van der Waals surface area contributed by atoms with Gasteiger partial charge in [0.25, 0.3) is 0 Å². The Labute approximate surface area is 340 Å². The molecule has 0 aliphatic heterocycles. The van der Waals surface area contributed by atoms with Crippen molar-refractivity contribution in [3.8, 4) is 51.0 Å². The van der Waals surface area contributed by atoms with Gasteiger partial charge in [-0.1, -0.05) is 151 Å². The summed E-state index contributed by atoms with van der Waals surface area (Å²) in [6, 6.07) is 53.0. The van der Waals surface area contributed by atoms with Crippen LogP contribution in [0.1, 0.15) is 76.6 Å². The fourth-order valence-electron chi connectivity index (χ4n) is 10.1. The lowest BCUT2D eigenvalue weighted by atomic mass is 9.63. The Kier molecular flexibility index (Phi) is 7.39. The third-order valence-electron chi connectivity index (χ3n) is 13.5. The van der Waals surface area contributed by atoms with Crippen LogP contribution >= 0.6 is 0 Å². The van der Waals surface area contributed by atoms with Gasteiger partial charge in [0.15, 0.2) is 17.5 Å². The highest BCUT2D eigenvalue weighted by atomic mass is 15.0. The molecule has 0 amide bonds. The van der Waals surface area contributed by atoms with Gasteiger partial charge in [-0.05, 0) is 104 Å². The van der Waals surface area contributed by atoms with E-state index in [0.29, 0.717) is 17.5 Å². The Morgan fingerprint density at radius 1 is 0.414 bits per heavy atom. The van der Waals surface area contributed by atoms with E-state index in [1.807, 2.05) is 0 Å². The maximum atomic E-state index is 5.31. The Morgan fingerprint density at radius 2 is 1.02 bits per heavy atom. The standard InChI is InChI=1S/C54H46N4/c1-52(2)27-28-53(3,4)46-32-48-42(31-45(46)52)39-21-10-12-24-47(39)58(48)36-18-13-17-34(29-36)49-55-50(57-51(56-49)40-22-14-16-33-15-7-8-19-37(33)40)35-25-26-44-41(30-35)38-20-9-11-23-43(38)54(44,5)6/h7-26,29-32H,27-28H2,1-6H3. The SMILES string of the molecule is CC1(C)CCC(C)(C)c2cc3c(cc21)c1ccccc1n3-c1cccc(-c2nc(-c3ccc4c(c3)-c3ccccc3C4(C)C)nc(-c3cccc4ccccc34)n2)c1.